The van der Waals surface area contributed by atoms with Gasteiger partial charge in [-0.3, -0.25) is 4.90 Å². The number of halogens is 1. The molecule has 0 radical (unpaired) electrons. The number of carbonyl (C=O) groups is 1. The van der Waals surface area contributed by atoms with Gasteiger partial charge < -0.3 is 9.47 Å². The third-order valence-electron chi connectivity index (χ3n) is 4.95. The third-order valence-corrected chi connectivity index (χ3v) is 5.20. The van der Waals surface area contributed by atoms with Crippen molar-refractivity contribution in [1.29, 1.82) is 0 Å². The monoisotopic (exact) mass is 337 g/mol. The van der Waals surface area contributed by atoms with E-state index in [4.69, 9.17) is 21.1 Å². The van der Waals surface area contributed by atoms with E-state index >= 15 is 0 Å². The van der Waals surface area contributed by atoms with Crippen LogP contribution >= 0.6 is 11.6 Å². The van der Waals surface area contributed by atoms with E-state index in [1.54, 1.807) is 31.2 Å². The van der Waals surface area contributed by atoms with Crippen LogP contribution in [0.2, 0.25) is 5.02 Å². The van der Waals surface area contributed by atoms with Crippen molar-refractivity contribution >= 4 is 17.6 Å². The largest absolute Gasteiger partial charge is 0.479 e. The average Bonchev–Trinajstić information content (AvgIpc) is 2.79. The highest BCUT2D eigenvalue weighted by molar-refractivity contribution is 6.30. The first-order chi connectivity index (χ1) is 11.1. The van der Waals surface area contributed by atoms with Gasteiger partial charge in [-0.05, 0) is 50.6 Å². The van der Waals surface area contributed by atoms with Crippen LogP contribution in [0.1, 0.15) is 39.5 Å². The van der Waals surface area contributed by atoms with Crippen LogP contribution in [0.15, 0.2) is 24.3 Å². The van der Waals surface area contributed by atoms with Crippen LogP contribution in [-0.2, 0) is 9.53 Å². The van der Waals surface area contributed by atoms with Crippen molar-refractivity contribution in [3.8, 4) is 5.75 Å². The van der Waals surface area contributed by atoms with Gasteiger partial charge in [0, 0.05) is 29.9 Å². The van der Waals surface area contributed by atoms with Crippen LogP contribution in [0.5, 0.6) is 5.75 Å². The predicted molar refractivity (Wildman–Crippen MR) is 89.8 cm³/mol. The summed E-state index contributed by atoms with van der Waals surface area (Å²) in [7, 11) is 0. The summed E-state index contributed by atoms with van der Waals surface area (Å²) in [4.78, 5) is 14.8. The van der Waals surface area contributed by atoms with Gasteiger partial charge in [0.25, 0.3) is 0 Å². The highest BCUT2D eigenvalue weighted by Gasteiger charge is 2.41. The molecule has 3 rings (SSSR count). The molecule has 0 N–H and O–H groups in total. The minimum Gasteiger partial charge on any atom is -0.479 e. The fourth-order valence-corrected chi connectivity index (χ4v) is 3.99. The topological polar surface area (TPSA) is 38.8 Å². The van der Waals surface area contributed by atoms with E-state index in [2.05, 4.69) is 11.8 Å². The van der Waals surface area contributed by atoms with E-state index in [1.807, 2.05) is 0 Å². The van der Waals surface area contributed by atoms with E-state index in [-0.39, 0.29) is 12.1 Å². The second-order valence-corrected chi connectivity index (χ2v) is 6.90. The van der Waals surface area contributed by atoms with E-state index in [9.17, 15) is 4.79 Å². The molecule has 0 spiro atoms. The molecule has 2 unspecified atom stereocenters. The number of nitrogens with zero attached hydrogens (tertiary/aromatic N) is 1. The molecule has 5 heteroatoms. The molecule has 4 atom stereocenters. The Bertz CT molecular complexity index is 534. The van der Waals surface area contributed by atoms with Crippen LogP contribution in [0, 0.1) is 0 Å². The Morgan fingerprint density at radius 1 is 1.26 bits per heavy atom. The van der Waals surface area contributed by atoms with Gasteiger partial charge in [-0.1, -0.05) is 18.5 Å². The van der Waals surface area contributed by atoms with Gasteiger partial charge in [0.05, 0.1) is 0 Å². The first-order valence-electron chi connectivity index (χ1n) is 8.45. The van der Waals surface area contributed by atoms with Crippen molar-refractivity contribution in [2.75, 3.05) is 6.54 Å². The number of hydrogen-bond donors (Lipinski definition) is 0. The van der Waals surface area contributed by atoms with Crippen molar-refractivity contribution in [2.24, 2.45) is 0 Å². The summed E-state index contributed by atoms with van der Waals surface area (Å²) in [5, 5.41) is 0.644. The fourth-order valence-electron chi connectivity index (χ4n) is 3.86. The number of benzene rings is 1. The summed E-state index contributed by atoms with van der Waals surface area (Å²) in [6.45, 7) is 5.03. The lowest BCUT2D eigenvalue weighted by Gasteiger charge is -2.38. The van der Waals surface area contributed by atoms with E-state index in [0.29, 0.717) is 22.9 Å². The van der Waals surface area contributed by atoms with Crippen LogP contribution in [0.3, 0.4) is 0 Å². The zero-order valence-corrected chi connectivity index (χ0v) is 14.5. The van der Waals surface area contributed by atoms with E-state index < -0.39 is 6.10 Å². The van der Waals surface area contributed by atoms with Gasteiger partial charge in [0.15, 0.2) is 6.10 Å². The standard InChI is InChI=1S/C18H24ClNO3/c1-3-20-14-6-7-15(20)11-17(10-14)23-18(21)12(2)22-16-8-4-13(19)5-9-16/h4-5,8-9,12,14-15,17H,3,6-7,10-11H2,1-2H3/t12?,14-,15+,17?. The summed E-state index contributed by atoms with van der Waals surface area (Å²) in [5.74, 6) is 0.342. The Morgan fingerprint density at radius 3 is 2.43 bits per heavy atom. The molecule has 23 heavy (non-hydrogen) atoms. The Kier molecular flexibility index (Phi) is 5.12. The van der Waals surface area contributed by atoms with Crippen molar-refractivity contribution in [3.63, 3.8) is 0 Å². The number of piperidine rings is 1. The molecule has 2 saturated heterocycles. The Labute approximate surface area is 142 Å². The van der Waals surface area contributed by atoms with Gasteiger partial charge >= 0.3 is 5.97 Å². The van der Waals surface area contributed by atoms with Gasteiger partial charge in [-0.25, -0.2) is 4.79 Å². The molecule has 1 aromatic rings. The predicted octanol–water partition coefficient (Wildman–Crippen LogP) is 3.67. The Balaban J connectivity index is 1.52. The minimum atomic E-state index is -0.613. The number of ether oxygens (including phenoxy) is 2. The zero-order chi connectivity index (χ0) is 16.4. The first kappa shape index (κ1) is 16.6. The third kappa shape index (κ3) is 3.81. The second kappa shape index (κ2) is 7.10. The molecule has 0 aliphatic carbocycles. The number of fused-ring (bicyclic) bond motifs is 2. The smallest absolute Gasteiger partial charge is 0.347 e. The molecule has 4 nitrogen and oxygen atoms in total. The normalized spacial score (nSPS) is 28.4. The molecular weight excluding hydrogens is 314 g/mol. The summed E-state index contributed by atoms with van der Waals surface area (Å²) < 4.78 is 11.3. The average molecular weight is 338 g/mol. The highest BCUT2D eigenvalue weighted by Crippen LogP contribution is 2.36. The number of rotatable bonds is 5. The maximum Gasteiger partial charge on any atom is 0.347 e. The van der Waals surface area contributed by atoms with Crippen LogP contribution in [0.4, 0.5) is 0 Å². The van der Waals surface area contributed by atoms with Gasteiger partial charge in [-0.15, -0.1) is 0 Å². The van der Waals surface area contributed by atoms with Crippen LogP contribution < -0.4 is 4.74 Å². The number of hydrogen-bond acceptors (Lipinski definition) is 4. The molecule has 0 saturated carbocycles. The molecule has 0 aromatic heterocycles. The van der Waals surface area contributed by atoms with Crippen LogP contribution in [-0.4, -0.2) is 41.7 Å². The Hall–Kier alpha value is -1.26. The molecule has 0 amide bonds. The second-order valence-electron chi connectivity index (χ2n) is 6.46. The van der Waals surface area contributed by atoms with Gasteiger partial charge in [0.2, 0.25) is 0 Å². The molecule has 126 valence electrons. The van der Waals surface area contributed by atoms with Gasteiger partial charge in [-0.2, -0.15) is 0 Å². The molecule has 2 bridgehead atoms. The maximum absolute atomic E-state index is 12.3. The van der Waals surface area contributed by atoms with Crippen molar-refractivity contribution in [2.45, 2.75) is 63.8 Å². The van der Waals surface area contributed by atoms with Crippen LogP contribution in [0.25, 0.3) is 0 Å². The fraction of sp³-hybridized carbons (Fsp3) is 0.611. The minimum absolute atomic E-state index is 0.0269. The summed E-state index contributed by atoms with van der Waals surface area (Å²) in [6, 6.07) is 8.14. The van der Waals surface area contributed by atoms with E-state index in [0.717, 1.165) is 19.4 Å². The SMILES string of the molecule is CCN1[C@@H]2CC[C@H]1CC(OC(=O)C(C)Oc1ccc(Cl)cc1)C2. The first-order valence-corrected chi connectivity index (χ1v) is 8.83. The summed E-state index contributed by atoms with van der Waals surface area (Å²) in [5.41, 5.74) is 0. The van der Waals surface area contributed by atoms with Crippen molar-refractivity contribution in [3.05, 3.63) is 29.3 Å². The maximum atomic E-state index is 12.3. The Morgan fingerprint density at radius 2 is 1.87 bits per heavy atom. The lowest BCUT2D eigenvalue weighted by atomic mass is 10.00. The van der Waals surface area contributed by atoms with Gasteiger partial charge in [0.1, 0.15) is 11.9 Å². The molecule has 2 fully saturated rings. The lowest BCUT2D eigenvalue weighted by molar-refractivity contribution is -0.160. The number of carbonyl (C=O) groups excluding carboxylic acids is 1. The van der Waals surface area contributed by atoms with Crippen molar-refractivity contribution < 1.29 is 14.3 Å². The highest BCUT2D eigenvalue weighted by atomic mass is 35.5. The molecule has 2 heterocycles. The molecule has 2 aliphatic heterocycles. The quantitative estimate of drug-likeness (QED) is 0.768. The van der Waals surface area contributed by atoms with E-state index in [1.165, 1.54) is 12.8 Å². The number of esters is 1. The lowest BCUT2D eigenvalue weighted by Crippen LogP contribution is -2.46. The molecule has 2 aliphatic rings. The molecular formula is C18H24ClNO3. The zero-order valence-electron chi connectivity index (χ0n) is 13.7. The summed E-state index contributed by atoms with van der Waals surface area (Å²) >= 11 is 5.85. The molecule has 1 aromatic carbocycles. The summed E-state index contributed by atoms with van der Waals surface area (Å²) in [6.07, 6.45) is 3.76. The van der Waals surface area contributed by atoms with Crippen molar-refractivity contribution in [1.82, 2.24) is 4.90 Å².